The van der Waals surface area contributed by atoms with E-state index < -0.39 is 5.60 Å². The molecule has 0 aromatic heterocycles. The lowest BCUT2D eigenvalue weighted by molar-refractivity contribution is -0.157. The zero-order chi connectivity index (χ0) is 7.61. The Morgan fingerprint density at radius 3 is 2.50 bits per heavy atom. The second-order valence-corrected chi connectivity index (χ2v) is 2.42. The summed E-state index contributed by atoms with van der Waals surface area (Å²) >= 11 is 0. The molecule has 1 aliphatic rings. The van der Waals surface area contributed by atoms with Crippen LogP contribution in [0.15, 0.2) is 0 Å². The van der Waals surface area contributed by atoms with Crippen molar-refractivity contribution >= 4 is 5.97 Å². The van der Waals surface area contributed by atoms with Crippen LogP contribution in [0.2, 0.25) is 0 Å². The molecule has 0 atom stereocenters. The lowest BCUT2D eigenvalue weighted by Crippen LogP contribution is -2.26. The molecule has 1 rings (SSSR count). The van der Waals surface area contributed by atoms with E-state index in [1.807, 2.05) is 0 Å². The predicted molar refractivity (Wildman–Crippen MR) is 35.6 cm³/mol. The first-order valence-corrected chi connectivity index (χ1v) is 3.47. The summed E-state index contributed by atoms with van der Waals surface area (Å²) in [5.41, 5.74) is -0.560. The van der Waals surface area contributed by atoms with Crippen LogP contribution in [-0.2, 0) is 14.3 Å². The van der Waals surface area contributed by atoms with Crippen LogP contribution in [0.5, 0.6) is 0 Å². The Bertz CT molecular complexity index is 138. The Labute approximate surface area is 60.3 Å². The smallest absolute Gasteiger partial charge is 0.338 e. The fraction of sp³-hybridized carbons (Fsp3) is 0.857. The molecule has 0 radical (unpaired) electrons. The lowest BCUT2D eigenvalue weighted by Gasteiger charge is -2.10. The fourth-order valence-corrected chi connectivity index (χ4v) is 0.868. The van der Waals surface area contributed by atoms with Crippen molar-refractivity contribution in [3.05, 3.63) is 0 Å². The second kappa shape index (κ2) is 2.58. The Morgan fingerprint density at radius 1 is 1.60 bits per heavy atom. The maximum absolute atomic E-state index is 11.0. The van der Waals surface area contributed by atoms with Gasteiger partial charge in [0.2, 0.25) is 0 Å². The standard InChI is InChI=1S/C7H12O3/c1-3-10-6(8)7(9-2)4-5-7/h3-5H2,1-2H3. The van der Waals surface area contributed by atoms with Gasteiger partial charge in [-0.1, -0.05) is 0 Å². The minimum atomic E-state index is -0.560. The average Bonchev–Trinajstić information content (AvgIpc) is 2.68. The number of hydrogen-bond acceptors (Lipinski definition) is 3. The van der Waals surface area contributed by atoms with Crippen LogP contribution in [0.25, 0.3) is 0 Å². The van der Waals surface area contributed by atoms with E-state index in [0.29, 0.717) is 6.61 Å². The molecular formula is C7H12O3. The van der Waals surface area contributed by atoms with Crippen LogP contribution in [0.1, 0.15) is 19.8 Å². The zero-order valence-corrected chi connectivity index (χ0v) is 6.35. The molecule has 10 heavy (non-hydrogen) atoms. The number of carbonyl (C=O) groups excluding carboxylic acids is 1. The predicted octanol–water partition coefficient (Wildman–Crippen LogP) is 0.728. The number of rotatable bonds is 3. The molecule has 3 nitrogen and oxygen atoms in total. The minimum Gasteiger partial charge on any atom is -0.464 e. The molecule has 0 heterocycles. The van der Waals surface area contributed by atoms with Gasteiger partial charge in [0.15, 0.2) is 5.60 Å². The maximum atomic E-state index is 11.0. The van der Waals surface area contributed by atoms with Crippen molar-refractivity contribution < 1.29 is 14.3 Å². The first kappa shape index (κ1) is 7.54. The monoisotopic (exact) mass is 144 g/mol. The van der Waals surface area contributed by atoms with Gasteiger partial charge in [-0.3, -0.25) is 0 Å². The molecule has 0 unspecified atom stereocenters. The van der Waals surface area contributed by atoms with Crippen LogP contribution >= 0.6 is 0 Å². The molecule has 0 aliphatic heterocycles. The normalized spacial score (nSPS) is 20.2. The third-order valence-electron chi connectivity index (χ3n) is 1.74. The maximum Gasteiger partial charge on any atom is 0.338 e. The number of hydrogen-bond donors (Lipinski definition) is 0. The van der Waals surface area contributed by atoms with E-state index in [2.05, 4.69) is 0 Å². The van der Waals surface area contributed by atoms with Crippen molar-refractivity contribution in [2.24, 2.45) is 0 Å². The van der Waals surface area contributed by atoms with E-state index >= 15 is 0 Å². The SMILES string of the molecule is CCOC(=O)C1(OC)CC1. The van der Waals surface area contributed by atoms with Gasteiger partial charge in [0, 0.05) is 7.11 Å². The molecule has 1 saturated carbocycles. The van der Waals surface area contributed by atoms with E-state index in [4.69, 9.17) is 9.47 Å². The fourth-order valence-electron chi connectivity index (χ4n) is 0.868. The molecule has 0 aromatic carbocycles. The largest absolute Gasteiger partial charge is 0.464 e. The summed E-state index contributed by atoms with van der Waals surface area (Å²) < 4.78 is 9.78. The Balaban J connectivity index is 2.40. The van der Waals surface area contributed by atoms with Gasteiger partial charge in [-0.15, -0.1) is 0 Å². The minimum absolute atomic E-state index is 0.211. The summed E-state index contributed by atoms with van der Waals surface area (Å²) in [6.45, 7) is 2.23. The zero-order valence-electron chi connectivity index (χ0n) is 6.35. The average molecular weight is 144 g/mol. The molecular weight excluding hydrogens is 132 g/mol. The van der Waals surface area contributed by atoms with Crippen LogP contribution in [0.4, 0.5) is 0 Å². The number of ether oxygens (including phenoxy) is 2. The van der Waals surface area contributed by atoms with Crippen LogP contribution in [-0.4, -0.2) is 25.3 Å². The topological polar surface area (TPSA) is 35.5 Å². The lowest BCUT2D eigenvalue weighted by atomic mass is 10.3. The van der Waals surface area contributed by atoms with Gasteiger partial charge >= 0.3 is 5.97 Å². The van der Waals surface area contributed by atoms with Gasteiger partial charge in [0.25, 0.3) is 0 Å². The Kier molecular flexibility index (Phi) is 1.94. The molecule has 0 amide bonds. The van der Waals surface area contributed by atoms with Crippen LogP contribution < -0.4 is 0 Å². The highest BCUT2D eigenvalue weighted by molar-refractivity contribution is 5.82. The highest BCUT2D eigenvalue weighted by Gasteiger charge is 2.52. The summed E-state index contributed by atoms with van der Waals surface area (Å²) in [5.74, 6) is -0.211. The molecule has 1 fully saturated rings. The summed E-state index contributed by atoms with van der Waals surface area (Å²) in [7, 11) is 1.55. The molecule has 0 aromatic rings. The van der Waals surface area contributed by atoms with Gasteiger partial charge in [-0.05, 0) is 19.8 Å². The molecule has 0 saturated heterocycles. The molecule has 0 spiro atoms. The van der Waals surface area contributed by atoms with E-state index in [1.165, 1.54) is 0 Å². The number of carbonyl (C=O) groups is 1. The summed E-state index contributed by atoms with van der Waals surface area (Å²) in [6.07, 6.45) is 1.62. The van der Waals surface area contributed by atoms with Gasteiger partial charge in [-0.25, -0.2) is 4.79 Å². The van der Waals surface area contributed by atoms with E-state index in [0.717, 1.165) is 12.8 Å². The van der Waals surface area contributed by atoms with Crippen LogP contribution in [0, 0.1) is 0 Å². The van der Waals surface area contributed by atoms with Crippen molar-refractivity contribution in [2.75, 3.05) is 13.7 Å². The molecule has 0 bridgehead atoms. The summed E-state index contributed by atoms with van der Waals surface area (Å²) in [6, 6.07) is 0. The third-order valence-corrected chi connectivity index (χ3v) is 1.74. The third kappa shape index (κ3) is 1.14. The first-order chi connectivity index (χ1) is 4.75. The summed E-state index contributed by atoms with van der Waals surface area (Å²) in [5, 5.41) is 0. The second-order valence-electron chi connectivity index (χ2n) is 2.42. The Hall–Kier alpha value is -0.570. The molecule has 1 aliphatic carbocycles. The van der Waals surface area contributed by atoms with E-state index in [1.54, 1.807) is 14.0 Å². The van der Waals surface area contributed by atoms with Gasteiger partial charge in [0.1, 0.15) is 0 Å². The van der Waals surface area contributed by atoms with Gasteiger partial charge in [-0.2, -0.15) is 0 Å². The van der Waals surface area contributed by atoms with Crippen LogP contribution in [0.3, 0.4) is 0 Å². The van der Waals surface area contributed by atoms with E-state index in [-0.39, 0.29) is 5.97 Å². The molecule has 3 heteroatoms. The van der Waals surface area contributed by atoms with Crippen molar-refractivity contribution in [2.45, 2.75) is 25.4 Å². The number of esters is 1. The molecule has 58 valence electrons. The van der Waals surface area contributed by atoms with E-state index in [9.17, 15) is 4.79 Å². The first-order valence-electron chi connectivity index (χ1n) is 3.47. The Morgan fingerprint density at radius 2 is 2.20 bits per heavy atom. The molecule has 0 N–H and O–H groups in total. The highest BCUT2D eigenvalue weighted by atomic mass is 16.6. The van der Waals surface area contributed by atoms with Gasteiger partial charge in [0.05, 0.1) is 6.61 Å². The van der Waals surface area contributed by atoms with Crippen molar-refractivity contribution in [1.29, 1.82) is 0 Å². The van der Waals surface area contributed by atoms with Crippen molar-refractivity contribution in [3.63, 3.8) is 0 Å². The quantitative estimate of drug-likeness (QED) is 0.548. The van der Waals surface area contributed by atoms with Crippen molar-refractivity contribution in [1.82, 2.24) is 0 Å². The number of methoxy groups -OCH3 is 1. The highest BCUT2D eigenvalue weighted by Crippen LogP contribution is 2.39. The van der Waals surface area contributed by atoms with Crippen molar-refractivity contribution in [3.8, 4) is 0 Å². The van der Waals surface area contributed by atoms with Gasteiger partial charge < -0.3 is 9.47 Å². The summed E-state index contributed by atoms with van der Waals surface area (Å²) in [4.78, 5) is 11.0.